The number of amides is 4. The molecule has 238 valence electrons. The Labute approximate surface area is 268 Å². The smallest absolute Gasteiger partial charge is 0.243 e. The molecule has 45 heavy (non-hydrogen) atoms. The average molecular weight is 632 g/mol. The third kappa shape index (κ3) is 8.50. The van der Waals surface area contributed by atoms with E-state index < -0.39 is 12.1 Å². The van der Waals surface area contributed by atoms with Crippen molar-refractivity contribution in [1.82, 2.24) is 29.9 Å². The van der Waals surface area contributed by atoms with Crippen LogP contribution in [0.2, 0.25) is 0 Å². The summed E-state index contributed by atoms with van der Waals surface area (Å²) in [5.74, 6) is 0.916. The number of nitrogens with zero attached hydrogens (tertiary/aromatic N) is 5. The molecule has 1 saturated heterocycles. The lowest BCUT2D eigenvalue weighted by atomic mass is 9.99. The summed E-state index contributed by atoms with van der Waals surface area (Å²) >= 11 is 1.37. The molecule has 0 aliphatic carbocycles. The maximum Gasteiger partial charge on any atom is 0.243 e. The normalized spacial score (nSPS) is 19.6. The molecule has 0 bridgehead atoms. The first-order chi connectivity index (χ1) is 21.8. The maximum absolute atomic E-state index is 13.8. The number of benzene rings is 2. The van der Waals surface area contributed by atoms with Crippen molar-refractivity contribution in [3.8, 4) is 0 Å². The van der Waals surface area contributed by atoms with Gasteiger partial charge in [0.1, 0.15) is 17.7 Å². The Bertz CT molecular complexity index is 1510. The number of anilines is 1. The van der Waals surface area contributed by atoms with Gasteiger partial charge in [-0.3, -0.25) is 19.2 Å². The Balaban J connectivity index is 1.41. The standard InChI is InChI=1S/C33H41N7O4S/c1-23-34-32-27(21-25-11-4-3-5-12-25)36-33(44)28-14-8-9-18-39(28)30(42)16-10-17-38(19-20-40(32)37-23)31(43)22-45-29-15-7-6-13-26(29)35-24(2)41/h3-7,11-13,15,27-28H,8-10,14,16-22H2,1-2H3,(H,35,41)(H,36,44)/t27-,28+/m1/s1. The van der Waals surface area contributed by atoms with Gasteiger partial charge in [-0.25, -0.2) is 9.67 Å². The Hall–Kier alpha value is -4.19. The molecule has 1 aromatic heterocycles. The Morgan fingerprint density at radius 3 is 2.56 bits per heavy atom. The molecule has 2 aliphatic heterocycles. The van der Waals surface area contributed by atoms with Crippen molar-refractivity contribution >= 4 is 41.1 Å². The number of carbonyl (C=O) groups is 4. The highest BCUT2D eigenvalue weighted by Gasteiger charge is 2.34. The van der Waals surface area contributed by atoms with Crippen LogP contribution in [-0.4, -0.2) is 79.6 Å². The van der Waals surface area contributed by atoms with E-state index in [0.29, 0.717) is 62.8 Å². The van der Waals surface area contributed by atoms with Crippen molar-refractivity contribution in [2.24, 2.45) is 0 Å². The Morgan fingerprint density at radius 2 is 1.76 bits per heavy atom. The fraction of sp³-hybridized carbons (Fsp3) is 0.455. The molecule has 11 nitrogen and oxygen atoms in total. The zero-order valence-corrected chi connectivity index (χ0v) is 26.7. The first kappa shape index (κ1) is 32.2. The van der Waals surface area contributed by atoms with Gasteiger partial charge in [0.05, 0.1) is 24.0 Å². The third-order valence-electron chi connectivity index (χ3n) is 8.14. The molecule has 3 aromatic rings. The highest BCUT2D eigenvalue weighted by Crippen LogP contribution is 2.28. The second-order valence-electron chi connectivity index (χ2n) is 11.5. The van der Waals surface area contributed by atoms with Crippen molar-refractivity contribution in [3.05, 3.63) is 71.8 Å². The van der Waals surface area contributed by atoms with E-state index in [1.165, 1.54) is 18.7 Å². The van der Waals surface area contributed by atoms with Crippen LogP contribution in [-0.2, 0) is 32.1 Å². The minimum atomic E-state index is -0.539. The second kappa shape index (κ2) is 15.2. The molecule has 3 heterocycles. The summed E-state index contributed by atoms with van der Waals surface area (Å²) in [6.07, 6.45) is 3.61. The molecule has 1 fully saturated rings. The number of hydrogen-bond donors (Lipinski definition) is 2. The number of aromatic nitrogens is 3. The van der Waals surface area contributed by atoms with Gasteiger partial charge in [0.15, 0.2) is 0 Å². The quantitative estimate of drug-likeness (QED) is 0.397. The topological polar surface area (TPSA) is 130 Å². The predicted molar refractivity (Wildman–Crippen MR) is 172 cm³/mol. The van der Waals surface area contributed by atoms with Crippen LogP contribution in [0.25, 0.3) is 0 Å². The minimum absolute atomic E-state index is 0.0588. The molecule has 4 amide bonds. The van der Waals surface area contributed by atoms with Crippen LogP contribution in [0.3, 0.4) is 0 Å². The van der Waals surface area contributed by atoms with Gasteiger partial charge in [-0.1, -0.05) is 42.5 Å². The fourth-order valence-corrected chi connectivity index (χ4v) is 6.89. The monoisotopic (exact) mass is 631 g/mol. The summed E-state index contributed by atoms with van der Waals surface area (Å²) in [4.78, 5) is 61.6. The number of thioether (sulfide) groups is 1. The van der Waals surface area contributed by atoms with Crippen LogP contribution in [0.4, 0.5) is 5.69 Å². The van der Waals surface area contributed by atoms with Crippen LogP contribution in [0.15, 0.2) is 59.5 Å². The molecule has 0 saturated carbocycles. The first-order valence-electron chi connectivity index (χ1n) is 15.6. The van der Waals surface area contributed by atoms with Crippen molar-refractivity contribution in [2.45, 2.75) is 75.9 Å². The molecule has 2 N–H and O–H groups in total. The van der Waals surface area contributed by atoms with Crippen LogP contribution in [0.1, 0.15) is 62.3 Å². The molecule has 0 radical (unpaired) electrons. The number of fused-ring (bicyclic) bond motifs is 2. The number of rotatable bonds is 6. The number of para-hydroxylation sites is 1. The fourth-order valence-electron chi connectivity index (χ4n) is 5.98. The number of nitrogens with one attached hydrogen (secondary N) is 2. The summed E-state index contributed by atoms with van der Waals surface area (Å²) in [5, 5.41) is 10.7. The second-order valence-corrected chi connectivity index (χ2v) is 12.6. The summed E-state index contributed by atoms with van der Waals surface area (Å²) in [6, 6.07) is 16.3. The first-order valence-corrected chi connectivity index (χ1v) is 16.6. The van der Waals surface area contributed by atoms with Crippen LogP contribution >= 0.6 is 11.8 Å². The molecule has 2 aliphatic rings. The molecule has 0 spiro atoms. The number of piperidine rings is 1. The van der Waals surface area contributed by atoms with E-state index >= 15 is 0 Å². The van der Waals surface area contributed by atoms with E-state index in [4.69, 9.17) is 4.98 Å². The summed E-state index contributed by atoms with van der Waals surface area (Å²) in [5.41, 5.74) is 1.71. The number of hydrogen-bond acceptors (Lipinski definition) is 7. The highest BCUT2D eigenvalue weighted by molar-refractivity contribution is 8.00. The van der Waals surface area contributed by atoms with Gasteiger partial charge in [0.2, 0.25) is 23.6 Å². The van der Waals surface area contributed by atoms with Crippen molar-refractivity contribution < 1.29 is 19.2 Å². The molecule has 2 atom stereocenters. The largest absolute Gasteiger partial charge is 0.344 e. The van der Waals surface area contributed by atoms with Gasteiger partial charge in [0, 0.05) is 37.9 Å². The highest BCUT2D eigenvalue weighted by atomic mass is 32.2. The zero-order chi connectivity index (χ0) is 31.8. The molecular weight excluding hydrogens is 590 g/mol. The van der Waals surface area contributed by atoms with Crippen LogP contribution in [0, 0.1) is 6.92 Å². The summed E-state index contributed by atoms with van der Waals surface area (Å²) in [7, 11) is 0. The maximum atomic E-state index is 13.8. The minimum Gasteiger partial charge on any atom is -0.344 e. The van der Waals surface area contributed by atoms with E-state index in [1.54, 1.807) is 14.5 Å². The molecule has 2 aromatic carbocycles. The lowest BCUT2D eigenvalue weighted by molar-refractivity contribution is -0.143. The van der Waals surface area contributed by atoms with Crippen molar-refractivity contribution in [2.75, 3.05) is 30.7 Å². The van der Waals surface area contributed by atoms with E-state index in [-0.39, 0.29) is 35.8 Å². The number of aryl methyl sites for hydroxylation is 1. The van der Waals surface area contributed by atoms with Gasteiger partial charge in [-0.05, 0) is 56.7 Å². The van der Waals surface area contributed by atoms with Gasteiger partial charge in [-0.2, -0.15) is 5.10 Å². The van der Waals surface area contributed by atoms with Gasteiger partial charge in [-0.15, -0.1) is 11.8 Å². The lowest BCUT2D eigenvalue weighted by Crippen LogP contribution is -2.53. The van der Waals surface area contributed by atoms with E-state index in [9.17, 15) is 19.2 Å². The van der Waals surface area contributed by atoms with E-state index in [1.807, 2.05) is 61.5 Å². The third-order valence-corrected chi connectivity index (χ3v) is 9.20. The Morgan fingerprint density at radius 1 is 0.978 bits per heavy atom. The summed E-state index contributed by atoms with van der Waals surface area (Å²) < 4.78 is 1.80. The molecule has 12 heteroatoms. The number of carbonyl (C=O) groups excluding carboxylic acids is 4. The molecule has 0 unspecified atom stereocenters. The van der Waals surface area contributed by atoms with Crippen molar-refractivity contribution in [1.29, 1.82) is 0 Å². The zero-order valence-electron chi connectivity index (χ0n) is 25.9. The van der Waals surface area contributed by atoms with E-state index in [0.717, 1.165) is 23.3 Å². The SMILES string of the molecule is CC(=O)Nc1ccccc1SCC(=O)N1CCCC(=O)N2CCCC[C@H]2C(=O)N[C@H](Cc2ccccc2)c2nc(C)nn2CC1. The van der Waals surface area contributed by atoms with Crippen LogP contribution in [0.5, 0.6) is 0 Å². The van der Waals surface area contributed by atoms with E-state index in [2.05, 4.69) is 15.7 Å². The average Bonchev–Trinajstić information content (AvgIpc) is 3.41. The molecular formula is C33H41N7O4S. The van der Waals surface area contributed by atoms with Crippen molar-refractivity contribution in [3.63, 3.8) is 0 Å². The van der Waals surface area contributed by atoms with Gasteiger partial charge in [0.25, 0.3) is 0 Å². The summed E-state index contributed by atoms with van der Waals surface area (Å²) in [6.45, 7) is 4.98. The lowest BCUT2D eigenvalue weighted by Gasteiger charge is -2.36. The van der Waals surface area contributed by atoms with Gasteiger partial charge >= 0.3 is 0 Å². The predicted octanol–water partition coefficient (Wildman–Crippen LogP) is 3.74. The van der Waals surface area contributed by atoms with Crippen LogP contribution < -0.4 is 10.6 Å². The van der Waals surface area contributed by atoms with Gasteiger partial charge < -0.3 is 20.4 Å². The molecule has 5 rings (SSSR count). The Kier molecular flexibility index (Phi) is 10.9.